The average molecular weight is 230 g/mol. The standard InChI is InChI=1S/C14H18N2O/c1-3-10-16(11-4-2)14(17)13(15)12-8-6-5-7-9-12/h1,5-9,13H,4,10-11,15H2,2H3. The Morgan fingerprint density at radius 3 is 2.65 bits per heavy atom. The first-order valence-corrected chi connectivity index (χ1v) is 5.73. The van der Waals surface area contributed by atoms with E-state index in [4.69, 9.17) is 12.2 Å². The van der Waals surface area contributed by atoms with Crippen molar-refractivity contribution in [3.05, 3.63) is 35.9 Å². The molecule has 90 valence electrons. The summed E-state index contributed by atoms with van der Waals surface area (Å²) >= 11 is 0. The molecule has 1 rings (SSSR count). The van der Waals surface area contributed by atoms with E-state index >= 15 is 0 Å². The van der Waals surface area contributed by atoms with E-state index in [1.54, 1.807) is 4.90 Å². The van der Waals surface area contributed by atoms with Gasteiger partial charge in [0, 0.05) is 6.54 Å². The molecule has 1 unspecified atom stereocenters. The smallest absolute Gasteiger partial charge is 0.244 e. The van der Waals surface area contributed by atoms with Gasteiger partial charge in [0.1, 0.15) is 6.04 Å². The quantitative estimate of drug-likeness (QED) is 0.780. The lowest BCUT2D eigenvalue weighted by Gasteiger charge is -2.23. The molecule has 3 nitrogen and oxygen atoms in total. The average Bonchev–Trinajstić information content (AvgIpc) is 2.38. The number of hydrogen-bond acceptors (Lipinski definition) is 2. The second-order valence-electron chi connectivity index (χ2n) is 3.85. The normalized spacial score (nSPS) is 11.6. The minimum absolute atomic E-state index is 0.115. The zero-order valence-corrected chi connectivity index (χ0v) is 10.1. The fraction of sp³-hybridized carbons (Fsp3) is 0.357. The maximum Gasteiger partial charge on any atom is 0.244 e. The predicted molar refractivity (Wildman–Crippen MR) is 69.1 cm³/mol. The van der Waals surface area contributed by atoms with E-state index in [9.17, 15) is 4.79 Å². The van der Waals surface area contributed by atoms with Gasteiger partial charge in [-0.1, -0.05) is 43.2 Å². The summed E-state index contributed by atoms with van der Waals surface area (Å²) in [6, 6.07) is 8.70. The Labute approximate surface area is 103 Å². The minimum Gasteiger partial charge on any atom is -0.330 e. The van der Waals surface area contributed by atoms with Crippen molar-refractivity contribution in [1.82, 2.24) is 4.90 Å². The molecule has 3 heteroatoms. The summed E-state index contributed by atoms with van der Waals surface area (Å²) in [6.45, 7) is 2.96. The summed E-state index contributed by atoms with van der Waals surface area (Å²) in [5.74, 6) is 2.37. The van der Waals surface area contributed by atoms with Crippen LogP contribution in [0, 0.1) is 12.3 Å². The Hall–Kier alpha value is -1.79. The van der Waals surface area contributed by atoms with E-state index in [0.29, 0.717) is 13.1 Å². The van der Waals surface area contributed by atoms with Crippen LogP contribution in [-0.2, 0) is 4.79 Å². The number of rotatable bonds is 5. The molecule has 1 amide bonds. The Morgan fingerprint density at radius 1 is 1.47 bits per heavy atom. The van der Waals surface area contributed by atoms with Gasteiger partial charge in [0.2, 0.25) is 5.91 Å². The number of nitrogens with zero attached hydrogens (tertiary/aromatic N) is 1. The second-order valence-corrected chi connectivity index (χ2v) is 3.85. The number of terminal acetylenes is 1. The first kappa shape index (κ1) is 13.3. The molecule has 0 heterocycles. The Morgan fingerprint density at radius 2 is 2.12 bits per heavy atom. The van der Waals surface area contributed by atoms with Gasteiger partial charge in [-0.25, -0.2) is 0 Å². The molecular weight excluding hydrogens is 212 g/mol. The van der Waals surface area contributed by atoms with Crippen molar-refractivity contribution in [2.75, 3.05) is 13.1 Å². The summed E-state index contributed by atoms with van der Waals surface area (Å²) in [5.41, 5.74) is 6.76. The van der Waals surface area contributed by atoms with Crippen LogP contribution in [0.3, 0.4) is 0 Å². The van der Waals surface area contributed by atoms with Crippen molar-refractivity contribution in [2.24, 2.45) is 5.73 Å². The van der Waals surface area contributed by atoms with Gasteiger partial charge < -0.3 is 10.6 Å². The van der Waals surface area contributed by atoms with Crippen LogP contribution in [0.15, 0.2) is 30.3 Å². The molecule has 0 bridgehead atoms. The van der Waals surface area contributed by atoms with Gasteiger partial charge in [-0.05, 0) is 12.0 Å². The van der Waals surface area contributed by atoms with Crippen molar-refractivity contribution >= 4 is 5.91 Å². The van der Waals surface area contributed by atoms with Gasteiger partial charge >= 0.3 is 0 Å². The van der Waals surface area contributed by atoms with Crippen molar-refractivity contribution in [3.63, 3.8) is 0 Å². The van der Waals surface area contributed by atoms with Crippen LogP contribution in [0.2, 0.25) is 0 Å². The lowest BCUT2D eigenvalue weighted by molar-refractivity contribution is -0.132. The number of nitrogens with two attached hydrogens (primary N) is 1. The molecular formula is C14H18N2O. The van der Waals surface area contributed by atoms with Gasteiger partial charge in [0.25, 0.3) is 0 Å². The molecule has 1 aromatic carbocycles. The second kappa shape index (κ2) is 6.72. The van der Waals surface area contributed by atoms with Crippen molar-refractivity contribution in [1.29, 1.82) is 0 Å². The first-order valence-electron chi connectivity index (χ1n) is 5.73. The van der Waals surface area contributed by atoms with E-state index in [1.165, 1.54) is 0 Å². The summed E-state index contributed by atoms with van der Waals surface area (Å²) in [7, 11) is 0. The van der Waals surface area contributed by atoms with Crippen molar-refractivity contribution in [2.45, 2.75) is 19.4 Å². The van der Waals surface area contributed by atoms with E-state index < -0.39 is 6.04 Å². The summed E-state index contributed by atoms with van der Waals surface area (Å²) < 4.78 is 0. The van der Waals surface area contributed by atoms with Crippen LogP contribution in [0.25, 0.3) is 0 Å². The van der Waals surface area contributed by atoms with Crippen molar-refractivity contribution in [3.8, 4) is 12.3 Å². The van der Waals surface area contributed by atoms with E-state index in [1.807, 2.05) is 37.3 Å². The lowest BCUT2D eigenvalue weighted by Crippen LogP contribution is -2.39. The first-order chi connectivity index (χ1) is 8.20. The highest BCUT2D eigenvalue weighted by molar-refractivity contribution is 5.83. The molecule has 2 N–H and O–H groups in total. The Bertz CT molecular complexity index is 394. The fourth-order valence-electron chi connectivity index (χ4n) is 1.65. The zero-order valence-electron chi connectivity index (χ0n) is 10.1. The Kier molecular flexibility index (Phi) is 5.25. The largest absolute Gasteiger partial charge is 0.330 e. The molecule has 0 radical (unpaired) electrons. The van der Waals surface area contributed by atoms with Gasteiger partial charge in [-0.2, -0.15) is 0 Å². The number of carbonyl (C=O) groups excluding carboxylic acids is 1. The number of amides is 1. The molecule has 0 aromatic heterocycles. The Balaban J connectivity index is 2.77. The summed E-state index contributed by atoms with van der Waals surface area (Å²) in [4.78, 5) is 13.8. The molecule has 0 fully saturated rings. The fourth-order valence-corrected chi connectivity index (χ4v) is 1.65. The molecule has 1 atom stereocenters. The zero-order chi connectivity index (χ0) is 12.7. The molecule has 17 heavy (non-hydrogen) atoms. The molecule has 0 saturated heterocycles. The van der Waals surface area contributed by atoms with Crippen LogP contribution in [0.4, 0.5) is 0 Å². The van der Waals surface area contributed by atoms with Crippen LogP contribution in [0.1, 0.15) is 24.9 Å². The minimum atomic E-state index is -0.629. The number of carbonyl (C=O) groups is 1. The monoisotopic (exact) mass is 230 g/mol. The molecule has 0 aliphatic rings. The molecule has 0 aliphatic heterocycles. The van der Waals surface area contributed by atoms with Gasteiger partial charge in [0.05, 0.1) is 6.54 Å². The van der Waals surface area contributed by atoms with E-state index in [0.717, 1.165) is 12.0 Å². The molecule has 0 saturated carbocycles. The van der Waals surface area contributed by atoms with Crippen molar-refractivity contribution < 1.29 is 4.79 Å². The van der Waals surface area contributed by atoms with E-state index in [2.05, 4.69) is 5.92 Å². The van der Waals surface area contributed by atoms with Gasteiger partial charge in [-0.15, -0.1) is 6.42 Å². The molecule has 0 spiro atoms. The summed E-state index contributed by atoms with van der Waals surface area (Å²) in [5, 5.41) is 0. The van der Waals surface area contributed by atoms with E-state index in [-0.39, 0.29) is 5.91 Å². The number of hydrogen-bond donors (Lipinski definition) is 1. The van der Waals surface area contributed by atoms with Crippen LogP contribution < -0.4 is 5.73 Å². The van der Waals surface area contributed by atoms with Crippen LogP contribution in [0.5, 0.6) is 0 Å². The molecule has 1 aromatic rings. The van der Waals surface area contributed by atoms with Crippen LogP contribution >= 0.6 is 0 Å². The van der Waals surface area contributed by atoms with Gasteiger partial charge in [0.15, 0.2) is 0 Å². The highest BCUT2D eigenvalue weighted by Crippen LogP contribution is 2.12. The third-order valence-electron chi connectivity index (χ3n) is 2.51. The maximum absolute atomic E-state index is 12.1. The lowest BCUT2D eigenvalue weighted by atomic mass is 10.1. The van der Waals surface area contributed by atoms with Gasteiger partial charge in [-0.3, -0.25) is 4.79 Å². The highest BCUT2D eigenvalue weighted by atomic mass is 16.2. The molecule has 0 aliphatic carbocycles. The van der Waals surface area contributed by atoms with Crippen LogP contribution in [-0.4, -0.2) is 23.9 Å². The summed E-state index contributed by atoms with van der Waals surface area (Å²) in [6.07, 6.45) is 6.12. The topological polar surface area (TPSA) is 46.3 Å². The predicted octanol–water partition coefficient (Wildman–Crippen LogP) is 1.56. The number of benzene rings is 1. The third-order valence-corrected chi connectivity index (χ3v) is 2.51. The SMILES string of the molecule is C#CCN(CCC)C(=O)C(N)c1ccccc1. The third kappa shape index (κ3) is 3.61. The maximum atomic E-state index is 12.1. The highest BCUT2D eigenvalue weighted by Gasteiger charge is 2.20.